The van der Waals surface area contributed by atoms with Crippen LogP contribution < -0.4 is 5.32 Å². The fraction of sp³-hybridized carbons (Fsp3) is 0.308. The van der Waals surface area contributed by atoms with Gasteiger partial charge in [0.1, 0.15) is 5.82 Å². The lowest BCUT2D eigenvalue weighted by molar-refractivity contribution is 0.561. The molecule has 0 radical (unpaired) electrons. The molecule has 0 amide bonds. The zero-order valence-electron chi connectivity index (χ0n) is 10.3. The van der Waals surface area contributed by atoms with Crippen LogP contribution in [0.1, 0.15) is 17.3 Å². The smallest absolute Gasteiger partial charge is 0.137 e. The Hall–Kier alpha value is -1.20. The van der Waals surface area contributed by atoms with Crippen molar-refractivity contribution >= 4 is 15.9 Å². The van der Waals surface area contributed by atoms with E-state index in [-0.39, 0.29) is 11.9 Å². The molecule has 0 aliphatic carbocycles. The molecule has 5 heteroatoms. The first kappa shape index (κ1) is 13.2. The molecule has 0 bridgehead atoms. The number of aryl methyl sites for hydroxylation is 1. The summed E-state index contributed by atoms with van der Waals surface area (Å²) in [7, 11) is 3.79. The van der Waals surface area contributed by atoms with Gasteiger partial charge in [-0.3, -0.25) is 4.68 Å². The van der Waals surface area contributed by atoms with E-state index < -0.39 is 0 Å². The van der Waals surface area contributed by atoms with E-state index in [1.165, 1.54) is 6.07 Å². The number of aromatic nitrogens is 2. The van der Waals surface area contributed by atoms with Gasteiger partial charge in [-0.25, -0.2) is 4.39 Å². The third-order valence-corrected chi connectivity index (χ3v) is 3.47. The van der Waals surface area contributed by atoms with E-state index in [1.54, 1.807) is 10.7 Å². The number of nitrogens with zero attached hydrogens (tertiary/aromatic N) is 2. The molecule has 3 nitrogen and oxygen atoms in total. The van der Waals surface area contributed by atoms with Crippen molar-refractivity contribution in [3.8, 4) is 0 Å². The fourth-order valence-electron chi connectivity index (χ4n) is 1.88. The molecule has 1 aromatic heterocycles. The Morgan fingerprint density at radius 2 is 2.22 bits per heavy atom. The Balaban J connectivity index is 2.17. The normalized spacial score (nSPS) is 12.7. The lowest BCUT2D eigenvalue weighted by atomic mass is 10.0. The molecule has 2 aromatic rings. The van der Waals surface area contributed by atoms with E-state index in [0.29, 0.717) is 4.47 Å². The van der Waals surface area contributed by atoms with E-state index in [2.05, 4.69) is 26.3 Å². The van der Waals surface area contributed by atoms with Crippen molar-refractivity contribution in [3.05, 3.63) is 52.0 Å². The maximum absolute atomic E-state index is 13.2. The van der Waals surface area contributed by atoms with Gasteiger partial charge in [0.15, 0.2) is 0 Å². The summed E-state index contributed by atoms with van der Waals surface area (Å²) in [6, 6.07) is 7.20. The Labute approximate surface area is 114 Å². The molecule has 0 aliphatic heterocycles. The maximum atomic E-state index is 13.2. The van der Waals surface area contributed by atoms with E-state index >= 15 is 0 Å². The molecule has 2 rings (SSSR count). The van der Waals surface area contributed by atoms with Crippen molar-refractivity contribution in [1.82, 2.24) is 15.1 Å². The average Bonchev–Trinajstić information content (AvgIpc) is 2.77. The van der Waals surface area contributed by atoms with Gasteiger partial charge in [0, 0.05) is 13.2 Å². The van der Waals surface area contributed by atoms with Crippen LogP contribution in [0.15, 0.2) is 34.9 Å². The molecule has 1 unspecified atom stereocenters. The third-order valence-electron chi connectivity index (χ3n) is 2.86. The summed E-state index contributed by atoms with van der Waals surface area (Å²) in [4.78, 5) is 0. The van der Waals surface area contributed by atoms with Crippen molar-refractivity contribution < 1.29 is 4.39 Å². The molecular formula is C13H15BrFN3. The molecule has 1 atom stereocenters. The quantitative estimate of drug-likeness (QED) is 0.941. The lowest BCUT2D eigenvalue weighted by Gasteiger charge is -2.14. The number of hydrogen-bond acceptors (Lipinski definition) is 2. The average molecular weight is 312 g/mol. The molecule has 0 aliphatic rings. The molecule has 1 N–H and O–H groups in total. The van der Waals surface area contributed by atoms with Gasteiger partial charge in [-0.1, -0.05) is 6.07 Å². The second-order valence-electron chi connectivity index (χ2n) is 4.21. The van der Waals surface area contributed by atoms with Crippen LogP contribution in [0.25, 0.3) is 0 Å². The van der Waals surface area contributed by atoms with Gasteiger partial charge in [-0.2, -0.15) is 5.10 Å². The molecular weight excluding hydrogens is 297 g/mol. The monoisotopic (exact) mass is 311 g/mol. The summed E-state index contributed by atoms with van der Waals surface area (Å²) >= 11 is 3.20. The van der Waals surface area contributed by atoms with Crippen LogP contribution in [0.3, 0.4) is 0 Å². The van der Waals surface area contributed by atoms with Crippen LogP contribution in [-0.2, 0) is 13.5 Å². The van der Waals surface area contributed by atoms with Crippen LogP contribution in [0.2, 0.25) is 0 Å². The first-order chi connectivity index (χ1) is 8.60. The molecule has 0 saturated carbocycles. The van der Waals surface area contributed by atoms with Gasteiger partial charge < -0.3 is 5.32 Å². The van der Waals surface area contributed by atoms with Gasteiger partial charge in [0.2, 0.25) is 0 Å². The largest absolute Gasteiger partial charge is 0.311 e. The van der Waals surface area contributed by atoms with Crippen molar-refractivity contribution in [2.45, 2.75) is 12.5 Å². The molecule has 0 spiro atoms. The Kier molecular flexibility index (Phi) is 4.14. The molecule has 18 heavy (non-hydrogen) atoms. The van der Waals surface area contributed by atoms with E-state index in [1.807, 2.05) is 32.4 Å². The number of benzene rings is 1. The van der Waals surface area contributed by atoms with Gasteiger partial charge in [-0.15, -0.1) is 0 Å². The predicted molar refractivity (Wildman–Crippen MR) is 72.8 cm³/mol. The van der Waals surface area contributed by atoms with Crippen molar-refractivity contribution in [2.75, 3.05) is 7.05 Å². The molecule has 1 aromatic carbocycles. The standard InChI is InChI=1S/C13H15BrFN3/c1-16-13(12-5-6-18(2)17-12)8-9-3-4-11(15)10(14)7-9/h3-7,13,16H,8H2,1-2H3. The van der Waals surface area contributed by atoms with E-state index in [4.69, 9.17) is 0 Å². The Bertz CT molecular complexity index is 539. The number of rotatable bonds is 4. The van der Waals surface area contributed by atoms with Crippen molar-refractivity contribution in [3.63, 3.8) is 0 Å². The first-order valence-electron chi connectivity index (χ1n) is 5.71. The van der Waals surface area contributed by atoms with Crippen LogP contribution >= 0.6 is 15.9 Å². The van der Waals surface area contributed by atoms with Gasteiger partial charge >= 0.3 is 0 Å². The van der Waals surface area contributed by atoms with Crippen LogP contribution in [0.4, 0.5) is 4.39 Å². The zero-order valence-corrected chi connectivity index (χ0v) is 11.9. The highest BCUT2D eigenvalue weighted by Crippen LogP contribution is 2.21. The molecule has 0 fully saturated rings. The fourth-order valence-corrected chi connectivity index (χ4v) is 2.30. The number of hydrogen-bond donors (Lipinski definition) is 1. The summed E-state index contributed by atoms with van der Waals surface area (Å²) in [5.74, 6) is -0.238. The molecule has 1 heterocycles. The minimum absolute atomic E-state index is 0.128. The van der Waals surface area contributed by atoms with Crippen molar-refractivity contribution in [1.29, 1.82) is 0 Å². The van der Waals surface area contributed by atoms with Gasteiger partial charge in [-0.05, 0) is 53.2 Å². The predicted octanol–water partition coefficient (Wildman–Crippen LogP) is 2.82. The number of likely N-dealkylation sites (N-methyl/N-ethyl adjacent to an activating group) is 1. The van der Waals surface area contributed by atoms with Crippen LogP contribution in [0.5, 0.6) is 0 Å². The van der Waals surface area contributed by atoms with Crippen molar-refractivity contribution in [2.24, 2.45) is 7.05 Å². The lowest BCUT2D eigenvalue weighted by Crippen LogP contribution is -2.19. The SMILES string of the molecule is CNC(Cc1ccc(F)c(Br)c1)c1ccn(C)n1. The first-order valence-corrected chi connectivity index (χ1v) is 6.50. The summed E-state index contributed by atoms with van der Waals surface area (Å²) in [5, 5.41) is 7.62. The second kappa shape index (κ2) is 5.63. The summed E-state index contributed by atoms with van der Waals surface area (Å²) < 4.78 is 15.4. The maximum Gasteiger partial charge on any atom is 0.137 e. The van der Waals surface area contributed by atoms with Crippen LogP contribution in [0, 0.1) is 5.82 Å². The molecule has 0 saturated heterocycles. The van der Waals surface area contributed by atoms with E-state index in [0.717, 1.165) is 17.7 Å². The van der Waals surface area contributed by atoms with Gasteiger partial charge in [0.05, 0.1) is 16.2 Å². The Morgan fingerprint density at radius 1 is 1.44 bits per heavy atom. The highest BCUT2D eigenvalue weighted by atomic mass is 79.9. The van der Waals surface area contributed by atoms with Gasteiger partial charge in [0.25, 0.3) is 0 Å². The minimum Gasteiger partial charge on any atom is -0.311 e. The third kappa shape index (κ3) is 2.97. The zero-order chi connectivity index (χ0) is 13.1. The summed E-state index contributed by atoms with van der Waals surface area (Å²) in [6.07, 6.45) is 2.69. The summed E-state index contributed by atoms with van der Waals surface area (Å²) in [5.41, 5.74) is 2.05. The highest BCUT2D eigenvalue weighted by Gasteiger charge is 2.13. The second-order valence-corrected chi connectivity index (χ2v) is 5.06. The minimum atomic E-state index is -0.238. The highest BCUT2D eigenvalue weighted by molar-refractivity contribution is 9.10. The number of nitrogens with one attached hydrogen (secondary N) is 1. The molecule has 96 valence electrons. The number of halogens is 2. The topological polar surface area (TPSA) is 29.9 Å². The van der Waals surface area contributed by atoms with E-state index in [9.17, 15) is 4.39 Å². The Morgan fingerprint density at radius 3 is 2.78 bits per heavy atom. The van der Waals surface area contributed by atoms with Crippen LogP contribution in [-0.4, -0.2) is 16.8 Å². The summed E-state index contributed by atoms with van der Waals surface area (Å²) in [6.45, 7) is 0.